The first-order valence-corrected chi connectivity index (χ1v) is 8.82. The van der Waals surface area contributed by atoms with E-state index in [1.807, 2.05) is 17.9 Å². The van der Waals surface area contributed by atoms with E-state index in [2.05, 4.69) is 9.97 Å². The average molecular weight is 372 g/mol. The number of amides is 1. The molecule has 0 radical (unpaired) electrons. The lowest BCUT2D eigenvalue weighted by Crippen LogP contribution is -2.49. The topological polar surface area (TPSA) is 131 Å². The number of nitrogen functional groups attached to an aromatic ring is 1. The standard InChI is InChI=1S/C18H24N6O3/c1-12-2-3-13(10-14(12)27-9-4-19)17(26)24-7-5-23(6-8-24)15-11-16(25)22-18(20)21-15/h2-3,10-11H,4-9,19H2,1H3,(H3,20,21,22,25). The van der Waals surface area contributed by atoms with Crippen molar-refractivity contribution in [2.24, 2.45) is 5.73 Å². The molecule has 0 unspecified atom stereocenters. The second kappa shape index (κ2) is 8.09. The second-order valence-electron chi connectivity index (χ2n) is 6.39. The Balaban J connectivity index is 1.67. The Labute approximate surface area is 156 Å². The summed E-state index contributed by atoms with van der Waals surface area (Å²) in [5, 5.41) is 0. The summed E-state index contributed by atoms with van der Waals surface area (Å²) in [5.74, 6) is 1.23. The van der Waals surface area contributed by atoms with E-state index in [0.717, 1.165) is 5.56 Å². The van der Waals surface area contributed by atoms with E-state index in [4.69, 9.17) is 16.2 Å². The van der Waals surface area contributed by atoms with Crippen LogP contribution in [0.2, 0.25) is 0 Å². The Morgan fingerprint density at radius 2 is 2.00 bits per heavy atom. The molecule has 0 atom stereocenters. The summed E-state index contributed by atoms with van der Waals surface area (Å²) in [4.78, 5) is 34.7. The van der Waals surface area contributed by atoms with Gasteiger partial charge in [-0.15, -0.1) is 0 Å². The van der Waals surface area contributed by atoms with Crippen molar-refractivity contribution in [3.05, 3.63) is 45.7 Å². The number of aromatic amines is 1. The molecule has 3 rings (SSSR count). The van der Waals surface area contributed by atoms with Gasteiger partial charge in [-0.3, -0.25) is 14.6 Å². The van der Waals surface area contributed by atoms with Crippen LogP contribution in [0.4, 0.5) is 11.8 Å². The van der Waals surface area contributed by atoms with Gasteiger partial charge in [-0.05, 0) is 24.6 Å². The number of nitrogens with one attached hydrogen (secondary N) is 1. The highest BCUT2D eigenvalue weighted by Gasteiger charge is 2.23. The van der Waals surface area contributed by atoms with Crippen molar-refractivity contribution >= 4 is 17.7 Å². The van der Waals surface area contributed by atoms with Crippen molar-refractivity contribution in [3.63, 3.8) is 0 Å². The Hall–Kier alpha value is -3.07. The number of hydrogen-bond donors (Lipinski definition) is 3. The fraction of sp³-hybridized carbons (Fsp3) is 0.389. The third-order valence-electron chi connectivity index (χ3n) is 4.45. The molecule has 1 saturated heterocycles. The number of hydrogen-bond acceptors (Lipinski definition) is 7. The average Bonchev–Trinajstić information content (AvgIpc) is 2.66. The lowest BCUT2D eigenvalue weighted by molar-refractivity contribution is 0.0746. The molecular formula is C18H24N6O3. The molecule has 1 aromatic heterocycles. The summed E-state index contributed by atoms with van der Waals surface area (Å²) in [6.07, 6.45) is 0. The van der Waals surface area contributed by atoms with E-state index in [0.29, 0.717) is 56.5 Å². The smallest absolute Gasteiger partial charge is 0.254 e. The molecular weight excluding hydrogens is 348 g/mol. The molecule has 9 heteroatoms. The third kappa shape index (κ3) is 4.37. The van der Waals surface area contributed by atoms with Crippen LogP contribution in [0.1, 0.15) is 15.9 Å². The Bertz CT molecular complexity index is 874. The van der Waals surface area contributed by atoms with Gasteiger partial charge in [0.2, 0.25) is 5.95 Å². The maximum absolute atomic E-state index is 12.8. The Morgan fingerprint density at radius 1 is 1.26 bits per heavy atom. The number of H-pyrrole nitrogens is 1. The van der Waals surface area contributed by atoms with Crippen molar-refractivity contribution < 1.29 is 9.53 Å². The number of rotatable bonds is 5. The summed E-state index contributed by atoms with van der Waals surface area (Å²) in [5.41, 5.74) is 12.3. The minimum atomic E-state index is -0.291. The van der Waals surface area contributed by atoms with Crippen LogP contribution in [0.5, 0.6) is 5.75 Å². The minimum Gasteiger partial charge on any atom is -0.492 e. The highest BCUT2D eigenvalue weighted by atomic mass is 16.5. The van der Waals surface area contributed by atoms with Gasteiger partial charge >= 0.3 is 0 Å². The monoisotopic (exact) mass is 372 g/mol. The highest BCUT2D eigenvalue weighted by Crippen LogP contribution is 2.21. The molecule has 1 amide bonds. The first kappa shape index (κ1) is 18.7. The predicted molar refractivity (Wildman–Crippen MR) is 103 cm³/mol. The van der Waals surface area contributed by atoms with E-state index >= 15 is 0 Å². The van der Waals surface area contributed by atoms with Crippen molar-refractivity contribution in [2.45, 2.75) is 6.92 Å². The lowest BCUT2D eigenvalue weighted by Gasteiger charge is -2.35. The largest absolute Gasteiger partial charge is 0.492 e. The molecule has 144 valence electrons. The predicted octanol–water partition coefficient (Wildman–Crippen LogP) is -0.0396. The van der Waals surface area contributed by atoms with Crippen molar-refractivity contribution in [1.29, 1.82) is 0 Å². The first-order chi connectivity index (χ1) is 13.0. The molecule has 1 fully saturated rings. The van der Waals surface area contributed by atoms with Crippen molar-refractivity contribution in [3.8, 4) is 5.75 Å². The van der Waals surface area contributed by atoms with Gasteiger partial charge in [0.25, 0.3) is 11.5 Å². The number of carbonyl (C=O) groups excluding carboxylic acids is 1. The minimum absolute atomic E-state index is 0.0503. The molecule has 0 bridgehead atoms. The zero-order valence-corrected chi connectivity index (χ0v) is 15.3. The molecule has 0 spiro atoms. The van der Waals surface area contributed by atoms with Gasteiger partial charge in [-0.2, -0.15) is 4.98 Å². The van der Waals surface area contributed by atoms with Gasteiger partial charge in [-0.25, -0.2) is 0 Å². The lowest BCUT2D eigenvalue weighted by atomic mass is 10.1. The zero-order chi connectivity index (χ0) is 19.4. The van der Waals surface area contributed by atoms with Gasteiger partial charge in [0.1, 0.15) is 18.2 Å². The van der Waals surface area contributed by atoms with Gasteiger partial charge in [-0.1, -0.05) is 6.07 Å². The number of aryl methyl sites for hydroxylation is 1. The maximum atomic E-state index is 12.8. The summed E-state index contributed by atoms with van der Waals surface area (Å²) in [6, 6.07) is 6.85. The number of piperazine rings is 1. The Kier molecular flexibility index (Phi) is 5.60. The number of carbonyl (C=O) groups is 1. The highest BCUT2D eigenvalue weighted by molar-refractivity contribution is 5.95. The number of nitrogens with zero attached hydrogens (tertiary/aromatic N) is 3. The van der Waals surface area contributed by atoms with Crippen LogP contribution in [0.3, 0.4) is 0 Å². The second-order valence-corrected chi connectivity index (χ2v) is 6.39. The van der Waals surface area contributed by atoms with Gasteiger partial charge in [0.15, 0.2) is 0 Å². The van der Waals surface area contributed by atoms with Crippen molar-refractivity contribution in [1.82, 2.24) is 14.9 Å². The summed E-state index contributed by atoms with van der Waals surface area (Å²) < 4.78 is 5.60. The molecule has 1 aromatic carbocycles. The van der Waals surface area contributed by atoms with Crippen molar-refractivity contribution in [2.75, 3.05) is 50.0 Å². The number of benzene rings is 1. The molecule has 2 heterocycles. The molecule has 1 aliphatic rings. The van der Waals surface area contributed by atoms with Gasteiger partial charge < -0.3 is 26.0 Å². The van der Waals surface area contributed by atoms with Crippen LogP contribution < -0.4 is 26.7 Å². The quantitative estimate of drug-likeness (QED) is 0.671. The van der Waals surface area contributed by atoms with Crippen LogP contribution in [-0.2, 0) is 0 Å². The van der Waals surface area contributed by atoms with Crippen LogP contribution in [-0.4, -0.2) is 60.1 Å². The summed E-state index contributed by atoms with van der Waals surface area (Å²) in [6.45, 7) is 4.96. The van der Waals surface area contributed by atoms with Crippen LogP contribution in [0.15, 0.2) is 29.1 Å². The number of aromatic nitrogens is 2. The number of anilines is 2. The van der Waals surface area contributed by atoms with E-state index in [1.165, 1.54) is 6.07 Å². The fourth-order valence-electron chi connectivity index (χ4n) is 3.00. The van der Waals surface area contributed by atoms with E-state index in [9.17, 15) is 9.59 Å². The molecule has 9 nitrogen and oxygen atoms in total. The van der Waals surface area contributed by atoms with Crippen LogP contribution in [0, 0.1) is 6.92 Å². The fourth-order valence-corrected chi connectivity index (χ4v) is 3.00. The molecule has 0 saturated carbocycles. The summed E-state index contributed by atoms with van der Waals surface area (Å²) >= 11 is 0. The van der Waals surface area contributed by atoms with E-state index < -0.39 is 0 Å². The number of ether oxygens (including phenoxy) is 1. The normalized spacial score (nSPS) is 14.3. The molecule has 0 aliphatic carbocycles. The first-order valence-electron chi connectivity index (χ1n) is 8.82. The number of nitrogens with two attached hydrogens (primary N) is 2. The maximum Gasteiger partial charge on any atom is 0.254 e. The zero-order valence-electron chi connectivity index (χ0n) is 15.3. The third-order valence-corrected chi connectivity index (χ3v) is 4.45. The van der Waals surface area contributed by atoms with Crippen LogP contribution in [0.25, 0.3) is 0 Å². The Morgan fingerprint density at radius 3 is 2.67 bits per heavy atom. The van der Waals surface area contributed by atoms with E-state index in [1.54, 1.807) is 17.0 Å². The SMILES string of the molecule is Cc1ccc(C(=O)N2CCN(c3cc(=O)[nH]c(N)n3)CC2)cc1OCCN. The molecule has 27 heavy (non-hydrogen) atoms. The molecule has 2 aromatic rings. The van der Waals surface area contributed by atoms with Gasteiger partial charge in [0.05, 0.1) is 0 Å². The molecule has 5 N–H and O–H groups in total. The molecule has 1 aliphatic heterocycles. The van der Waals surface area contributed by atoms with Crippen LogP contribution >= 0.6 is 0 Å². The van der Waals surface area contributed by atoms with Gasteiger partial charge in [0, 0.05) is 44.4 Å². The summed E-state index contributed by atoms with van der Waals surface area (Å²) in [7, 11) is 0. The van der Waals surface area contributed by atoms with E-state index in [-0.39, 0.29) is 17.4 Å².